The van der Waals surface area contributed by atoms with Gasteiger partial charge in [0.1, 0.15) is 0 Å². The lowest BCUT2D eigenvalue weighted by Gasteiger charge is -2.26. The van der Waals surface area contributed by atoms with Gasteiger partial charge in [0.05, 0.1) is 23.7 Å². The van der Waals surface area contributed by atoms with Crippen molar-refractivity contribution in [3.8, 4) is 5.88 Å². The molecule has 0 bridgehead atoms. The molecule has 4 rings (SSSR count). The second-order valence-electron chi connectivity index (χ2n) is 9.62. The third-order valence-electron chi connectivity index (χ3n) is 6.48. The molecular formula is C28H38N6O3. The van der Waals surface area contributed by atoms with Crippen molar-refractivity contribution in [2.45, 2.75) is 39.2 Å². The molecule has 2 aromatic heterocycles. The van der Waals surface area contributed by atoms with Crippen LogP contribution < -0.4 is 10.1 Å². The number of anilines is 1. The molecule has 0 spiro atoms. The van der Waals surface area contributed by atoms with Crippen molar-refractivity contribution >= 4 is 28.8 Å². The molecule has 0 radical (unpaired) electrons. The first kappa shape index (κ1) is 26.3. The molecule has 0 aliphatic carbocycles. The maximum absolute atomic E-state index is 13.3. The number of ether oxygens (including phenoxy) is 1. The van der Waals surface area contributed by atoms with Crippen LogP contribution in [-0.2, 0) is 4.79 Å². The van der Waals surface area contributed by atoms with Crippen LogP contribution in [0.5, 0.6) is 5.88 Å². The Bertz CT molecular complexity index is 1290. The van der Waals surface area contributed by atoms with E-state index in [9.17, 15) is 9.59 Å². The molecule has 1 aliphatic rings. The zero-order valence-corrected chi connectivity index (χ0v) is 22.1. The molecule has 198 valence electrons. The summed E-state index contributed by atoms with van der Waals surface area (Å²) in [7, 11) is 3.95. The van der Waals surface area contributed by atoms with Crippen LogP contribution in [0.4, 0.5) is 5.95 Å². The van der Waals surface area contributed by atoms with Gasteiger partial charge in [-0.15, -0.1) is 0 Å². The summed E-state index contributed by atoms with van der Waals surface area (Å²) in [5, 5.41) is 3.03. The topological polar surface area (TPSA) is 92.6 Å². The Labute approximate surface area is 219 Å². The van der Waals surface area contributed by atoms with E-state index in [0.29, 0.717) is 43.6 Å². The fourth-order valence-electron chi connectivity index (χ4n) is 4.72. The first-order valence-electron chi connectivity index (χ1n) is 12.8. The number of benzene rings is 1. The highest BCUT2D eigenvalue weighted by Crippen LogP contribution is 2.32. The van der Waals surface area contributed by atoms with Gasteiger partial charge in [-0.05, 0) is 64.9 Å². The molecule has 1 aromatic carbocycles. The normalized spacial score (nSPS) is 16.4. The molecule has 37 heavy (non-hydrogen) atoms. The monoisotopic (exact) mass is 506 g/mol. The van der Waals surface area contributed by atoms with E-state index in [1.807, 2.05) is 62.0 Å². The standard InChI is InChI=1S/C28H36N6O3.H2/c1-5-37-24-18-21(14-15-29-24)27(36)31-28-30-23-12-8-10-20(2)26(23)34(28)22-11-6-7-17-33(19-22)25(35)13-9-16-32(3)4;/h8-10,12-15,18,22H,5-7,11,16-17,19H2,1-4H3,(H,30,31,36);1H/b13-9+;. The summed E-state index contributed by atoms with van der Waals surface area (Å²) in [6, 6.07) is 9.23. The van der Waals surface area contributed by atoms with Crippen LogP contribution in [0.3, 0.4) is 0 Å². The van der Waals surface area contributed by atoms with Gasteiger partial charge >= 0.3 is 0 Å². The molecule has 2 amide bonds. The first-order chi connectivity index (χ1) is 17.9. The van der Waals surface area contributed by atoms with Crippen molar-refractivity contribution in [3.63, 3.8) is 0 Å². The minimum absolute atomic E-state index is 0. The molecule has 1 N–H and O–H groups in total. The van der Waals surface area contributed by atoms with E-state index >= 15 is 0 Å². The maximum atomic E-state index is 13.3. The predicted molar refractivity (Wildman–Crippen MR) is 147 cm³/mol. The van der Waals surface area contributed by atoms with Crippen LogP contribution in [0.15, 0.2) is 48.7 Å². The van der Waals surface area contributed by atoms with Crippen molar-refractivity contribution in [3.05, 3.63) is 59.8 Å². The highest BCUT2D eigenvalue weighted by atomic mass is 16.5. The highest BCUT2D eigenvalue weighted by Gasteiger charge is 2.27. The van der Waals surface area contributed by atoms with Crippen LogP contribution in [0.2, 0.25) is 0 Å². The lowest BCUT2D eigenvalue weighted by atomic mass is 10.1. The predicted octanol–water partition coefficient (Wildman–Crippen LogP) is 4.31. The third-order valence-corrected chi connectivity index (χ3v) is 6.48. The van der Waals surface area contributed by atoms with Crippen LogP contribution >= 0.6 is 0 Å². The number of para-hydroxylation sites is 1. The Morgan fingerprint density at radius 2 is 2.11 bits per heavy atom. The lowest BCUT2D eigenvalue weighted by Crippen LogP contribution is -2.35. The van der Waals surface area contributed by atoms with E-state index in [1.165, 1.54) is 0 Å². The van der Waals surface area contributed by atoms with Crippen molar-refractivity contribution in [1.29, 1.82) is 0 Å². The van der Waals surface area contributed by atoms with Crippen LogP contribution in [0, 0.1) is 6.92 Å². The minimum atomic E-state index is -0.286. The third kappa shape index (κ3) is 6.35. The molecule has 1 unspecified atom stereocenters. The number of pyridine rings is 1. The van der Waals surface area contributed by atoms with Crippen molar-refractivity contribution in [2.24, 2.45) is 0 Å². The van der Waals surface area contributed by atoms with E-state index in [2.05, 4.69) is 14.9 Å². The number of aromatic nitrogens is 3. The number of imidazole rings is 1. The zero-order valence-electron chi connectivity index (χ0n) is 22.1. The van der Waals surface area contributed by atoms with Crippen molar-refractivity contribution in [2.75, 3.05) is 45.7 Å². The number of aryl methyl sites for hydroxylation is 1. The molecule has 9 heteroatoms. The summed E-state index contributed by atoms with van der Waals surface area (Å²) in [6.07, 6.45) is 7.94. The SMILES string of the molecule is CCOc1cc(C(=O)Nc2nc3cccc(C)c3n2C2CCCCN(C(=O)/C=C/CN(C)C)C2)ccn1.[HH]. The summed E-state index contributed by atoms with van der Waals surface area (Å²) < 4.78 is 7.57. The summed E-state index contributed by atoms with van der Waals surface area (Å²) >= 11 is 0. The van der Waals surface area contributed by atoms with E-state index < -0.39 is 0 Å². The number of carbonyl (C=O) groups excluding carboxylic acids is 2. The Morgan fingerprint density at radius 3 is 2.89 bits per heavy atom. The van der Waals surface area contributed by atoms with Crippen molar-refractivity contribution < 1.29 is 15.8 Å². The van der Waals surface area contributed by atoms with Crippen molar-refractivity contribution in [1.82, 2.24) is 24.3 Å². The van der Waals surface area contributed by atoms with Gasteiger partial charge in [0.15, 0.2) is 0 Å². The van der Waals surface area contributed by atoms with E-state index in [-0.39, 0.29) is 19.3 Å². The second kappa shape index (κ2) is 12.0. The highest BCUT2D eigenvalue weighted by molar-refractivity contribution is 6.04. The van der Waals surface area contributed by atoms with E-state index in [1.54, 1.807) is 24.4 Å². The number of rotatable bonds is 8. The van der Waals surface area contributed by atoms with E-state index in [0.717, 1.165) is 35.9 Å². The Morgan fingerprint density at radius 1 is 1.27 bits per heavy atom. The fraction of sp³-hybridized carbons (Fsp3) is 0.429. The largest absolute Gasteiger partial charge is 0.478 e. The van der Waals surface area contributed by atoms with Gasteiger partial charge in [0.2, 0.25) is 17.7 Å². The van der Waals surface area contributed by atoms with Gasteiger partial charge in [-0.3, -0.25) is 14.9 Å². The average molecular weight is 507 g/mol. The Kier molecular flexibility index (Phi) is 8.55. The number of likely N-dealkylation sites (tertiary alicyclic amines) is 1. The second-order valence-corrected chi connectivity index (χ2v) is 9.62. The molecule has 3 heterocycles. The quantitative estimate of drug-likeness (QED) is 0.458. The average Bonchev–Trinajstić information content (AvgIpc) is 3.06. The van der Waals surface area contributed by atoms with Gasteiger partial charge in [-0.1, -0.05) is 18.2 Å². The zero-order chi connectivity index (χ0) is 26.4. The van der Waals surface area contributed by atoms with Gasteiger partial charge in [0.25, 0.3) is 5.91 Å². The number of hydrogen-bond acceptors (Lipinski definition) is 6. The number of carbonyl (C=O) groups is 2. The molecule has 1 fully saturated rings. The minimum Gasteiger partial charge on any atom is -0.478 e. The van der Waals surface area contributed by atoms with E-state index in [4.69, 9.17) is 9.72 Å². The fourth-order valence-corrected chi connectivity index (χ4v) is 4.72. The molecule has 1 atom stereocenters. The Hall–Kier alpha value is -3.72. The summed E-state index contributed by atoms with van der Waals surface area (Å²) in [6.45, 7) is 6.37. The molecule has 1 saturated heterocycles. The van der Waals surface area contributed by atoms with Crippen LogP contribution in [0.1, 0.15) is 49.6 Å². The lowest BCUT2D eigenvalue weighted by molar-refractivity contribution is -0.126. The van der Waals surface area contributed by atoms with Crippen LogP contribution in [-0.4, -0.2) is 76.5 Å². The smallest absolute Gasteiger partial charge is 0.258 e. The number of amides is 2. The van der Waals surface area contributed by atoms with Gasteiger partial charge < -0.3 is 19.1 Å². The number of fused-ring (bicyclic) bond motifs is 1. The summed E-state index contributed by atoms with van der Waals surface area (Å²) in [4.78, 5) is 39.2. The van der Waals surface area contributed by atoms with Gasteiger partial charge in [0, 0.05) is 45.0 Å². The first-order valence-corrected chi connectivity index (χ1v) is 12.8. The number of hydrogen-bond donors (Lipinski definition) is 1. The summed E-state index contributed by atoms with van der Waals surface area (Å²) in [5.41, 5.74) is 3.30. The maximum Gasteiger partial charge on any atom is 0.258 e. The molecule has 1 aliphatic heterocycles. The molecule has 9 nitrogen and oxygen atoms in total. The van der Waals surface area contributed by atoms with Crippen LogP contribution in [0.25, 0.3) is 11.0 Å². The number of likely N-dealkylation sites (N-methyl/N-ethyl adjacent to an activating group) is 1. The summed E-state index contributed by atoms with van der Waals surface area (Å²) in [5.74, 6) is 0.609. The number of nitrogens with one attached hydrogen (secondary N) is 1. The number of nitrogens with zero attached hydrogens (tertiary/aromatic N) is 5. The Balaban J connectivity index is 0.00000400. The van der Waals surface area contributed by atoms with Gasteiger partial charge in [-0.25, -0.2) is 9.97 Å². The molecule has 0 saturated carbocycles. The molecular weight excluding hydrogens is 468 g/mol. The molecule has 3 aromatic rings. The van der Waals surface area contributed by atoms with Gasteiger partial charge in [-0.2, -0.15) is 0 Å².